The number of halogens is 1. The van der Waals surface area contributed by atoms with Crippen LogP contribution in [-0.2, 0) is 17.5 Å². The number of aliphatic hydroxyl groups is 1. The number of hydrogen-bond acceptors (Lipinski definition) is 9. The molecular formula is C40H45FN2O7Si. The van der Waals surface area contributed by atoms with E-state index in [0.29, 0.717) is 33.4 Å². The van der Waals surface area contributed by atoms with Crippen LogP contribution < -0.4 is 9.47 Å². The van der Waals surface area contributed by atoms with Crippen LogP contribution in [0.4, 0.5) is 4.39 Å². The summed E-state index contributed by atoms with van der Waals surface area (Å²) in [5.41, 5.74) is 0.217. The number of carbonyl (C=O) groups excluding carboxylic acids is 2. The molecule has 51 heavy (non-hydrogen) atoms. The second kappa shape index (κ2) is 12.1. The van der Waals surface area contributed by atoms with Gasteiger partial charge in [0.1, 0.15) is 29.5 Å². The fourth-order valence-corrected chi connectivity index (χ4v) is 9.59. The topological polar surface area (TPSA) is 111 Å². The highest BCUT2D eigenvalue weighted by Gasteiger charge is 2.67. The molecule has 1 N–H and O–H groups in total. The van der Waals surface area contributed by atoms with Crippen LogP contribution in [0.3, 0.4) is 0 Å². The van der Waals surface area contributed by atoms with Gasteiger partial charge in [0.25, 0.3) is 5.88 Å². The molecule has 1 aromatic heterocycles. The predicted octanol–water partition coefficient (Wildman–Crippen LogP) is 8.31. The van der Waals surface area contributed by atoms with Gasteiger partial charge in [0.2, 0.25) is 5.78 Å². The van der Waals surface area contributed by atoms with E-state index in [0.717, 1.165) is 5.56 Å². The summed E-state index contributed by atoms with van der Waals surface area (Å²) in [4.78, 5) is 32.1. The summed E-state index contributed by atoms with van der Waals surface area (Å²) in [5.74, 6) is -2.35. The lowest BCUT2D eigenvalue weighted by Gasteiger charge is -2.55. The molecule has 3 aliphatic carbocycles. The van der Waals surface area contributed by atoms with Gasteiger partial charge in [-0.05, 0) is 97.8 Å². The summed E-state index contributed by atoms with van der Waals surface area (Å²) in [6, 6.07) is 14.0. The Morgan fingerprint density at radius 1 is 1.08 bits per heavy atom. The number of carbonyl (C=O) groups is 2. The normalized spacial score (nSPS) is 23.2. The first-order valence-electron chi connectivity index (χ1n) is 17.4. The lowest BCUT2D eigenvalue weighted by atomic mass is 9.58. The Hall–Kier alpha value is -4.32. The van der Waals surface area contributed by atoms with E-state index in [-0.39, 0.29) is 47.1 Å². The lowest BCUT2D eigenvalue weighted by molar-refractivity contribution is -0.0480. The number of Topliss-reactive ketones (excluding diaryl/α,β-unsaturated/α-hetero) is 2. The van der Waals surface area contributed by atoms with Crippen LogP contribution in [0.2, 0.25) is 18.1 Å². The van der Waals surface area contributed by atoms with Crippen molar-refractivity contribution in [3.8, 4) is 11.6 Å². The molecule has 0 saturated heterocycles. The molecule has 7 rings (SSSR count). The second-order valence-corrected chi connectivity index (χ2v) is 20.6. The zero-order chi connectivity index (χ0) is 36.8. The molecule has 0 fully saturated rings. The zero-order valence-corrected chi connectivity index (χ0v) is 31.6. The number of allylic oxidation sites excluding steroid dienone is 1. The van der Waals surface area contributed by atoms with Crippen molar-refractivity contribution < 1.29 is 37.5 Å². The van der Waals surface area contributed by atoms with E-state index >= 15 is 9.18 Å². The summed E-state index contributed by atoms with van der Waals surface area (Å²) in [5, 5.41) is 17.6. The number of nitrogens with zero attached hydrogens (tertiary/aromatic N) is 2. The summed E-state index contributed by atoms with van der Waals surface area (Å²) in [6.07, 6.45) is 0.429. The van der Waals surface area contributed by atoms with E-state index in [1.807, 2.05) is 62.4 Å². The van der Waals surface area contributed by atoms with Crippen LogP contribution >= 0.6 is 0 Å². The first kappa shape index (κ1) is 35.1. The van der Waals surface area contributed by atoms with Gasteiger partial charge >= 0.3 is 0 Å². The standard InChI is InChI=1S/C40H45FN2O7Si/c1-21-26-19-24(47-7)15-16-25(26)32(41)27-17-23-18-28-33(43(5)6)35-31(38(42-49-35)48-20-22-13-11-10-12-14-22)37(46)40(28,50-51(8,9)39(2,3)4)36(45)30(23)34(44)29(21)27/h10-16,19,23,28,33,45H,17-18,20H2,1-9H3/t23-,28-,33-,40-/m0/s1. The van der Waals surface area contributed by atoms with E-state index in [1.165, 1.54) is 7.11 Å². The highest BCUT2D eigenvalue weighted by atomic mass is 28.4. The van der Waals surface area contributed by atoms with Gasteiger partial charge in [-0.15, -0.1) is 0 Å². The smallest absolute Gasteiger partial charge is 0.265 e. The number of benzene rings is 3. The molecule has 0 aliphatic heterocycles. The van der Waals surface area contributed by atoms with Gasteiger partial charge in [0, 0.05) is 28.0 Å². The maximum absolute atomic E-state index is 16.4. The fraction of sp³-hybridized carbons (Fsp3) is 0.425. The second-order valence-electron chi connectivity index (χ2n) is 15.9. The molecular weight excluding hydrogens is 668 g/mol. The molecule has 11 heteroatoms. The Bertz CT molecular complexity index is 2120. The van der Waals surface area contributed by atoms with Crippen LogP contribution in [0.1, 0.15) is 76.4 Å². The van der Waals surface area contributed by atoms with Crippen molar-refractivity contribution in [2.75, 3.05) is 21.2 Å². The minimum absolute atomic E-state index is 0.000863. The molecule has 1 heterocycles. The number of ether oxygens (including phenoxy) is 2. The summed E-state index contributed by atoms with van der Waals surface area (Å²) >= 11 is 0. The Balaban J connectivity index is 1.46. The maximum Gasteiger partial charge on any atom is 0.265 e. The molecule has 0 spiro atoms. The van der Waals surface area contributed by atoms with Gasteiger partial charge in [-0.1, -0.05) is 51.1 Å². The number of aromatic nitrogens is 1. The number of aryl methyl sites for hydroxylation is 1. The number of aliphatic hydroxyl groups excluding tert-OH is 1. The van der Waals surface area contributed by atoms with E-state index in [9.17, 15) is 9.90 Å². The van der Waals surface area contributed by atoms with Crippen molar-refractivity contribution in [3.63, 3.8) is 0 Å². The molecule has 9 nitrogen and oxygen atoms in total. The molecule has 3 aliphatic rings. The molecule has 0 unspecified atom stereocenters. The van der Waals surface area contributed by atoms with Crippen LogP contribution in [-0.4, -0.2) is 61.9 Å². The number of methoxy groups -OCH3 is 1. The molecule has 0 bridgehead atoms. The fourth-order valence-electron chi connectivity index (χ4n) is 8.14. The number of hydrogen-bond donors (Lipinski definition) is 1. The van der Waals surface area contributed by atoms with E-state index < -0.39 is 54.9 Å². The molecule has 268 valence electrons. The van der Waals surface area contributed by atoms with Crippen molar-refractivity contribution in [2.45, 2.75) is 76.9 Å². The van der Waals surface area contributed by atoms with Crippen LogP contribution in [0.15, 0.2) is 64.4 Å². The maximum atomic E-state index is 16.4. The Kier molecular flexibility index (Phi) is 8.35. The van der Waals surface area contributed by atoms with Crippen molar-refractivity contribution in [3.05, 3.63) is 99.3 Å². The van der Waals surface area contributed by atoms with Gasteiger partial charge in [-0.3, -0.25) is 14.5 Å². The first-order valence-corrected chi connectivity index (χ1v) is 20.3. The molecule has 4 aromatic rings. The third kappa shape index (κ3) is 5.18. The molecule has 0 amide bonds. The summed E-state index contributed by atoms with van der Waals surface area (Å²) < 4.78 is 41.1. The highest BCUT2D eigenvalue weighted by Crippen LogP contribution is 2.59. The van der Waals surface area contributed by atoms with Gasteiger partial charge in [-0.25, -0.2) is 4.39 Å². The third-order valence-electron chi connectivity index (χ3n) is 11.7. The van der Waals surface area contributed by atoms with Crippen LogP contribution in [0.5, 0.6) is 11.6 Å². The highest BCUT2D eigenvalue weighted by molar-refractivity contribution is 6.74. The Morgan fingerprint density at radius 2 is 1.78 bits per heavy atom. The number of ketones is 2. The van der Waals surface area contributed by atoms with Crippen molar-refractivity contribution in [2.24, 2.45) is 11.8 Å². The molecule has 0 saturated carbocycles. The zero-order valence-electron chi connectivity index (χ0n) is 30.6. The third-order valence-corrected chi connectivity index (χ3v) is 16.1. The molecule has 0 radical (unpaired) electrons. The van der Waals surface area contributed by atoms with Gasteiger partial charge < -0.3 is 23.5 Å². The van der Waals surface area contributed by atoms with E-state index in [2.05, 4.69) is 25.9 Å². The van der Waals surface area contributed by atoms with E-state index in [1.54, 1.807) is 25.1 Å². The van der Waals surface area contributed by atoms with E-state index in [4.69, 9.17) is 18.4 Å². The molecule has 4 atom stereocenters. The number of fused-ring (bicyclic) bond motifs is 5. The Labute approximate surface area is 298 Å². The summed E-state index contributed by atoms with van der Waals surface area (Å²) in [6.45, 7) is 12.1. The number of rotatable bonds is 7. The van der Waals surface area contributed by atoms with Crippen LogP contribution in [0.25, 0.3) is 10.8 Å². The van der Waals surface area contributed by atoms with Crippen LogP contribution in [0, 0.1) is 24.6 Å². The largest absolute Gasteiger partial charge is 0.508 e. The molecule has 3 aromatic carbocycles. The van der Waals surface area contributed by atoms with Gasteiger partial charge in [-0.2, -0.15) is 0 Å². The van der Waals surface area contributed by atoms with Crippen molar-refractivity contribution >= 4 is 30.7 Å². The summed E-state index contributed by atoms with van der Waals surface area (Å²) in [7, 11) is 2.40. The first-order chi connectivity index (χ1) is 24.0. The average Bonchev–Trinajstić information content (AvgIpc) is 3.50. The van der Waals surface area contributed by atoms with Crippen molar-refractivity contribution in [1.82, 2.24) is 10.1 Å². The van der Waals surface area contributed by atoms with Gasteiger partial charge in [0.15, 0.2) is 25.5 Å². The van der Waals surface area contributed by atoms with Crippen molar-refractivity contribution in [1.29, 1.82) is 0 Å². The lowest BCUT2D eigenvalue weighted by Crippen LogP contribution is -2.65. The minimum Gasteiger partial charge on any atom is -0.508 e. The minimum atomic E-state index is -2.87. The Morgan fingerprint density at radius 3 is 2.43 bits per heavy atom. The van der Waals surface area contributed by atoms with Gasteiger partial charge in [0.05, 0.1) is 13.2 Å². The monoisotopic (exact) mass is 712 g/mol. The predicted molar refractivity (Wildman–Crippen MR) is 194 cm³/mol. The SMILES string of the molecule is COc1ccc2c(F)c3c(c(C)c2c1)C(=O)C1=C(O)[C@]2(O[Si](C)(C)C(C)(C)C)C(=O)c4c(OCc5ccccc5)noc4[C@@H](N(C)C)[C@@H]2C[C@@H]1C3. The average molecular weight is 713 g/mol. The quantitative estimate of drug-likeness (QED) is 0.189.